The Morgan fingerprint density at radius 2 is 2.50 bits per heavy atom. The molecule has 0 saturated carbocycles. The quantitative estimate of drug-likeness (QED) is 0.575. The first-order valence-electron chi connectivity index (χ1n) is 2.31. The van der Waals surface area contributed by atoms with Crippen LogP contribution < -0.4 is 5.73 Å². The Labute approximate surface area is 53.9 Å². The van der Waals surface area contributed by atoms with Gasteiger partial charge in [0.15, 0.2) is 0 Å². The van der Waals surface area contributed by atoms with E-state index in [0.717, 1.165) is 0 Å². The molecule has 8 heavy (non-hydrogen) atoms. The number of nitrogens with two attached hydrogens (primary N) is 1. The van der Waals surface area contributed by atoms with Crippen LogP contribution in [-0.4, -0.2) is 19.0 Å². The van der Waals surface area contributed by atoms with Crippen LogP contribution in [0, 0.1) is 0 Å². The van der Waals surface area contributed by atoms with Crippen LogP contribution in [0.2, 0.25) is 0 Å². The molecule has 0 aliphatic carbocycles. The van der Waals surface area contributed by atoms with Gasteiger partial charge in [-0.05, 0) is 11.7 Å². The molecule has 0 atom stereocenters. The highest BCUT2D eigenvalue weighted by Crippen LogP contribution is 1.91. The van der Waals surface area contributed by atoms with Gasteiger partial charge in [0, 0.05) is 19.0 Å². The van der Waals surface area contributed by atoms with Gasteiger partial charge in [-0.25, -0.2) is 0 Å². The third kappa shape index (κ3) is 5.72. The van der Waals surface area contributed by atoms with E-state index < -0.39 is 0 Å². The number of rotatable bonds is 3. The molecule has 0 aromatic heterocycles. The molecule has 2 N–H and O–H groups in total. The lowest BCUT2D eigenvalue weighted by Gasteiger charge is -1.75. The maximum atomic E-state index is 5.12. The van der Waals surface area contributed by atoms with Crippen LogP contribution >= 0.6 is 11.8 Å². The minimum Gasteiger partial charge on any atom is -0.326 e. The molecule has 0 bridgehead atoms. The molecular weight excluding hydrogens is 120 g/mol. The normalized spacial score (nSPS) is 11.8. The average molecular weight is 130 g/mol. The molecule has 0 spiro atoms. The van der Waals surface area contributed by atoms with Crippen LogP contribution in [0.15, 0.2) is 16.6 Å². The molecule has 0 aliphatic rings. The highest BCUT2D eigenvalue weighted by molar-refractivity contribution is 8.01. The summed E-state index contributed by atoms with van der Waals surface area (Å²) in [6, 6.07) is 0. The summed E-state index contributed by atoms with van der Waals surface area (Å²) in [6.45, 7) is 0.513. The average Bonchev–Trinajstić information content (AvgIpc) is 1.81. The maximum absolute atomic E-state index is 5.12. The molecule has 0 aliphatic heterocycles. The summed E-state index contributed by atoms with van der Waals surface area (Å²) in [7, 11) is 0. The van der Waals surface area contributed by atoms with Crippen molar-refractivity contribution in [3.63, 3.8) is 0 Å². The lowest BCUT2D eigenvalue weighted by Crippen LogP contribution is -1.97. The summed E-state index contributed by atoms with van der Waals surface area (Å²) in [5, 5.41) is 1.90. The maximum Gasteiger partial charge on any atom is 0.0327 e. The molecule has 2 nitrogen and oxygen atoms in total. The van der Waals surface area contributed by atoms with Gasteiger partial charge in [-0.1, -0.05) is 0 Å². The first kappa shape index (κ1) is 7.72. The van der Waals surface area contributed by atoms with E-state index in [1.54, 1.807) is 24.2 Å². The van der Waals surface area contributed by atoms with Gasteiger partial charge < -0.3 is 5.73 Å². The molecule has 0 amide bonds. The van der Waals surface area contributed by atoms with Crippen LogP contribution in [0.1, 0.15) is 0 Å². The lowest BCUT2D eigenvalue weighted by molar-refractivity contribution is 1.33. The van der Waals surface area contributed by atoms with E-state index in [1.165, 1.54) is 0 Å². The summed E-state index contributed by atoms with van der Waals surface area (Å²) in [4.78, 5) is 3.83. The molecule has 0 heterocycles. The fourth-order valence-corrected chi connectivity index (χ4v) is 0.410. The van der Waals surface area contributed by atoms with Crippen molar-refractivity contribution < 1.29 is 0 Å². The number of thioether (sulfide) groups is 1. The first-order valence-corrected chi connectivity index (χ1v) is 3.60. The fraction of sp³-hybridized carbons (Fsp3) is 0.400. The molecular formula is C5H10N2S. The van der Waals surface area contributed by atoms with Crippen molar-refractivity contribution >= 4 is 18.0 Å². The Kier molecular flexibility index (Phi) is 6.48. The minimum atomic E-state index is 0.513. The first-order chi connectivity index (χ1) is 3.91. The van der Waals surface area contributed by atoms with Gasteiger partial charge in [-0.15, -0.1) is 11.8 Å². The fourth-order valence-electron chi connectivity index (χ4n) is 0.218. The molecule has 0 rings (SSSR count). The Balaban J connectivity index is 3.13. The standard InChI is InChI=1S/C5H10N2S/c1-8-5-4-7-3-2-6/h3-5H,2,6H2,1H3/b5-4-,7-3+. The Hall–Kier alpha value is -0.280. The molecule has 0 unspecified atom stereocenters. The highest BCUT2D eigenvalue weighted by atomic mass is 32.2. The van der Waals surface area contributed by atoms with Crippen molar-refractivity contribution in [2.45, 2.75) is 0 Å². The SMILES string of the molecule is CS/C=C\N=C\CN. The zero-order valence-electron chi connectivity index (χ0n) is 4.87. The van der Waals surface area contributed by atoms with Crippen LogP contribution in [0.3, 0.4) is 0 Å². The van der Waals surface area contributed by atoms with Gasteiger partial charge in [-0.2, -0.15) is 0 Å². The van der Waals surface area contributed by atoms with Gasteiger partial charge in [-0.3, -0.25) is 4.99 Å². The second kappa shape index (κ2) is 6.72. The van der Waals surface area contributed by atoms with Crippen molar-refractivity contribution in [2.24, 2.45) is 10.7 Å². The van der Waals surface area contributed by atoms with Gasteiger partial charge >= 0.3 is 0 Å². The lowest BCUT2D eigenvalue weighted by atomic mass is 10.7. The van der Waals surface area contributed by atoms with Gasteiger partial charge in [0.05, 0.1) is 0 Å². The van der Waals surface area contributed by atoms with E-state index in [2.05, 4.69) is 4.99 Å². The van der Waals surface area contributed by atoms with Crippen molar-refractivity contribution in [1.82, 2.24) is 0 Å². The highest BCUT2D eigenvalue weighted by Gasteiger charge is 1.61. The summed E-state index contributed by atoms with van der Waals surface area (Å²) < 4.78 is 0. The molecule has 0 radical (unpaired) electrons. The molecule has 46 valence electrons. The zero-order valence-corrected chi connectivity index (χ0v) is 5.69. The summed E-state index contributed by atoms with van der Waals surface area (Å²) in [5.41, 5.74) is 5.12. The van der Waals surface area contributed by atoms with Crippen LogP contribution in [0.25, 0.3) is 0 Å². The van der Waals surface area contributed by atoms with E-state index in [-0.39, 0.29) is 0 Å². The van der Waals surface area contributed by atoms with Crippen molar-refractivity contribution in [3.8, 4) is 0 Å². The number of hydrogen-bond acceptors (Lipinski definition) is 3. The predicted molar refractivity (Wildman–Crippen MR) is 40.2 cm³/mol. The third-order valence-electron chi connectivity index (χ3n) is 0.494. The Bertz CT molecular complexity index is 76.4. The van der Waals surface area contributed by atoms with Gasteiger partial charge in [0.1, 0.15) is 0 Å². The van der Waals surface area contributed by atoms with E-state index >= 15 is 0 Å². The number of nitrogens with zero attached hydrogens (tertiary/aromatic N) is 1. The smallest absolute Gasteiger partial charge is 0.0327 e. The largest absolute Gasteiger partial charge is 0.326 e. The van der Waals surface area contributed by atoms with E-state index in [9.17, 15) is 0 Å². The molecule has 0 saturated heterocycles. The van der Waals surface area contributed by atoms with Crippen molar-refractivity contribution in [3.05, 3.63) is 11.6 Å². The molecule has 0 aromatic carbocycles. The molecule has 0 aromatic rings. The van der Waals surface area contributed by atoms with Crippen LogP contribution in [-0.2, 0) is 0 Å². The number of aliphatic imine (C=N–C) groups is 1. The van der Waals surface area contributed by atoms with Crippen LogP contribution in [0.5, 0.6) is 0 Å². The van der Waals surface area contributed by atoms with E-state index in [4.69, 9.17) is 5.73 Å². The Morgan fingerprint density at radius 3 is 3.00 bits per heavy atom. The van der Waals surface area contributed by atoms with E-state index in [1.807, 2.05) is 11.7 Å². The summed E-state index contributed by atoms with van der Waals surface area (Å²) in [6.07, 6.45) is 5.36. The zero-order chi connectivity index (χ0) is 6.24. The number of hydrogen-bond donors (Lipinski definition) is 1. The summed E-state index contributed by atoms with van der Waals surface area (Å²) >= 11 is 1.62. The van der Waals surface area contributed by atoms with E-state index in [0.29, 0.717) is 6.54 Å². The predicted octanol–water partition coefficient (Wildman–Crippen LogP) is 0.850. The summed E-state index contributed by atoms with van der Waals surface area (Å²) in [5.74, 6) is 0. The van der Waals surface area contributed by atoms with Crippen LogP contribution in [0.4, 0.5) is 0 Å². The topological polar surface area (TPSA) is 38.4 Å². The molecule has 0 fully saturated rings. The second-order valence-corrected chi connectivity index (χ2v) is 1.83. The van der Waals surface area contributed by atoms with Crippen molar-refractivity contribution in [1.29, 1.82) is 0 Å². The Morgan fingerprint density at radius 1 is 1.75 bits per heavy atom. The third-order valence-corrected chi connectivity index (χ3v) is 0.888. The second-order valence-electron chi connectivity index (χ2n) is 1.09. The monoisotopic (exact) mass is 130 g/mol. The van der Waals surface area contributed by atoms with Crippen molar-refractivity contribution in [2.75, 3.05) is 12.8 Å². The molecule has 3 heteroatoms. The van der Waals surface area contributed by atoms with Gasteiger partial charge in [0.25, 0.3) is 0 Å². The minimum absolute atomic E-state index is 0.513. The van der Waals surface area contributed by atoms with Gasteiger partial charge in [0.2, 0.25) is 0 Å².